The third-order valence-electron chi connectivity index (χ3n) is 2.42. The summed E-state index contributed by atoms with van der Waals surface area (Å²) in [6.45, 7) is 7.12. The molecular weight excluding hydrogens is 250 g/mol. The maximum Gasteiger partial charge on any atom is 0.150 e. The highest BCUT2D eigenvalue weighted by Gasteiger charge is 2.26. The first-order valence-electron chi connectivity index (χ1n) is 5.82. The number of hydrogen-bond acceptors (Lipinski definition) is 5. The molecule has 0 aliphatic carbocycles. The van der Waals surface area contributed by atoms with Crippen molar-refractivity contribution in [2.75, 3.05) is 6.54 Å². The number of hydrogen-bond donors (Lipinski definition) is 1. The molecule has 0 radical (unpaired) electrons. The Kier molecular flexibility index (Phi) is 5.96. The van der Waals surface area contributed by atoms with Crippen molar-refractivity contribution in [2.45, 2.75) is 48.7 Å². The second-order valence-electron chi connectivity index (χ2n) is 4.30. The van der Waals surface area contributed by atoms with Gasteiger partial charge in [0.15, 0.2) is 0 Å². The van der Waals surface area contributed by atoms with E-state index in [-0.39, 0.29) is 0 Å². The van der Waals surface area contributed by atoms with Gasteiger partial charge in [-0.3, -0.25) is 5.32 Å². The molecule has 17 heavy (non-hydrogen) atoms. The van der Waals surface area contributed by atoms with Crippen LogP contribution >= 0.6 is 23.1 Å². The summed E-state index contributed by atoms with van der Waals surface area (Å²) in [4.78, 5) is 4.25. The van der Waals surface area contributed by atoms with Crippen molar-refractivity contribution in [3.63, 3.8) is 0 Å². The zero-order chi connectivity index (χ0) is 12.7. The van der Waals surface area contributed by atoms with E-state index < -0.39 is 5.54 Å². The molecule has 1 N–H and O–H groups in total. The average molecular weight is 269 g/mol. The van der Waals surface area contributed by atoms with Crippen LogP contribution in [0.5, 0.6) is 0 Å². The lowest BCUT2D eigenvalue weighted by Crippen LogP contribution is -2.43. The Morgan fingerprint density at radius 1 is 1.71 bits per heavy atom. The fourth-order valence-corrected chi connectivity index (χ4v) is 3.74. The fraction of sp³-hybridized carbons (Fsp3) is 0.667. The van der Waals surface area contributed by atoms with Gasteiger partial charge in [0.2, 0.25) is 0 Å². The minimum Gasteiger partial charge on any atom is -0.300 e. The number of nitrogens with one attached hydrogen (secondary N) is 1. The Hall–Kier alpha value is -0.570. The molecule has 0 saturated carbocycles. The van der Waals surface area contributed by atoms with Gasteiger partial charge >= 0.3 is 0 Å². The summed E-state index contributed by atoms with van der Waals surface area (Å²) in [6.07, 6.45) is 3.69. The third kappa shape index (κ3) is 5.07. The average Bonchev–Trinajstić information content (AvgIpc) is 2.79. The molecule has 0 bridgehead atoms. The lowest BCUT2D eigenvalue weighted by molar-refractivity contribution is 0.418. The van der Waals surface area contributed by atoms with E-state index in [4.69, 9.17) is 0 Å². The summed E-state index contributed by atoms with van der Waals surface area (Å²) >= 11 is 3.39. The van der Waals surface area contributed by atoms with Crippen LogP contribution in [0.3, 0.4) is 0 Å². The first kappa shape index (κ1) is 14.5. The molecule has 1 rings (SSSR count). The highest BCUT2D eigenvalue weighted by atomic mass is 32.2. The largest absolute Gasteiger partial charge is 0.300 e. The van der Waals surface area contributed by atoms with Crippen molar-refractivity contribution < 1.29 is 0 Å². The summed E-state index contributed by atoms with van der Waals surface area (Å²) in [5.74, 6) is 0. The number of nitrogens with zero attached hydrogens (tertiary/aromatic N) is 2. The molecule has 0 spiro atoms. The van der Waals surface area contributed by atoms with Crippen LogP contribution in [0, 0.1) is 11.3 Å². The van der Waals surface area contributed by atoms with Gasteiger partial charge in [0.25, 0.3) is 0 Å². The predicted octanol–water partition coefficient (Wildman–Crippen LogP) is 3.30. The summed E-state index contributed by atoms with van der Waals surface area (Å²) in [5, 5.41) is 14.9. The second-order valence-corrected chi connectivity index (χ2v) is 6.88. The molecule has 0 aliphatic heterocycles. The van der Waals surface area contributed by atoms with E-state index in [9.17, 15) is 5.26 Å². The van der Waals surface area contributed by atoms with Crippen molar-refractivity contribution in [2.24, 2.45) is 0 Å². The number of thiazole rings is 1. The van der Waals surface area contributed by atoms with E-state index in [1.165, 1.54) is 0 Å². The molecule has 2 atom stereocenters. The number of aromatic nitrogens is 1. The normalized spacial score (nSPS) is 16.1. The molecule has 2 unspecified atom stereocenters. The Morgan fingerprint density at radius 2 is 2.47 bits per heavy atom. The van der Waals surface area contributed by atoms with E-state index in [0.717, 1.165) is 23.7 Å². The molecule has 5 heteroatoms. The van der Waals surface area contributed by atoms with Gasteiger partial charge in [-0.2, -0.15) is 5.26 Å². The van der Waals surface area contributed by atoms with Crippen LogP contribution in [0.25, 0.3) is 0 Å². The van der Waals surface area contributed by atoms with E-state index in [2.05, 4.69) is 30.2 Å². The highest BCUT2D eigenvalue weighted by molar-refractivity contribution is 8.01. The van der Waals surface area contributed by atoms with Crippen LogP contribution in [-0.2, 0) is 0 Å². The molecule has 1 aromatic heterocycles. The summed E-state index contributed by atoms with van der Waals surface area (Å²) in [7, 11) is 0. The Morgan fingerprint density at radius 3 is 3.00 bits per heavy atom. The second kappa shape index (κ2) is 7.00. The van der Waals surface area contributed by atoms with Crippen LogP contribution in [-0.4, -0.2) is 22.3 Å². The Bertz CT molecular complexity index is 358. The van der Waals surface area contributed by atoms with Crippen molar-refractivity contribution in [1.29, 1.82) is 5.26 Å². The van der Waals surface area contributed by atoms with E-state index in [1.807, 2.05) is 18.5 Å². The minimum absolute atomic E-state index is 0.384. The fourth-order valence-electron chi connectivity index (χ4n) is 1.62. The van der Waals surface area contributed by atoms with Gasteiger partial charge in [0.05, 0.1) is 6.07 Å². The molecule has 0 saturated heterocycles. The topological polar surface area (TPSA) is 48.7 Å². The molecular formula is C12H19N3S2. The van der Waals surface area contributed by atoms with Crippen LogP contribution < -0.4 is 5.32 Å². The molecule has 0 amide bonds. The molecule has 1 heterocycles. The lowest BCUT2D eigenvalue weighted by Gasteiger charge is -2.25. The van der Waals surface area contributed by atoms with Crippen LogP contribution in [0.2, 0.25) is 0 Å². The van der Waals surface area contributed by atoms with Gasteiger partial charge in [0.1, 0.15) is 9.88 Å². The monoisotopic (exact) mass is 269 g/mol. The van der Waals surface area contributed by atoms with Crippen molar-refractivity contribution in [1.82, 2.24) is 10.3 Å². The number of nitriles is 1. The first-order valence-corrected chi connectivity index (χ1v) is 7.58. The smallest absolute Gasteiger partial charge is 0.150 e. The number of rotatable bonds is 7. The van der Waals surface area contributed by atoms with Gasteiger partial charge < -0.3 is 0 Å². The van der Waals surface area contributed by atoms with Gasteiger partial charge in [-0.15, -0.1) is 11.3 Å². The van der Waals surface area contributed by atoms with Gasteiger partial charge in [-0.25, -0.2) is 4.98 Å². The lowest BCUT2D eigenvalue weighted by atomic mass is 9.98. The Labute approximate surface area is 112 Å². The molecule has 0 aromatic carbocycles. The minimum atomic E-state index is -0.431. The molecule has 0 aliphatic rings. The summed E-state index contributed by atoms with van der Waals surface area (Å²) in [6, 6.07) is 2.38. The van der Waals surface area contributed by atoms with Crippen LogP contribution in [0.4, 0.5) is 0 Å². The molecule has 94 valence electrons. The van der Waals surface area contributed by atoms with Crippen molar-refractivity contribution in [3.05, 3.63) is 11.6 Å². The molecule has 0 fully saturated rings. The van der Waals surface area contributed by atoms with Gasteiger partial charge in [-0.05, 0) is 26.3 Å². The zero-order valence-electron chi connectivity index (χ0n) is 10.6. The quantitative estimate of drug-likeness (QED) is 0.772. The summed E-state index contributed by atoms with van der Waals surface area (Å²) < 4.78 is 1.08. The SMILES string of the molecule is CCCNC(C)(C#N)CC(C)Sc1nccs1. The van der Waals surface area contributed by atoms with Crippen molar-refractivity contribution >= 4 is 23.1 Å². The molecule has 3 nitrogen and oxygen atoms in total. The Balaban J connectivity index is 2.47. The standard InChI is InChI=1S/C12H19N3S2/c1-4-5-15-12(3,9-13)8-10(2)17-11-14-6-7-16-11/h6-7,10,15H,4-5,8H2,1-3H3. The number of thioether (sulfide) groups is 1. The van der Waals surface area contributed by atoms with Gasteiger partial charge in [0, 0.05) is 16.8 Å². The van der Waals surface area contributed by atoms with E-state index in [1.54, 1.807) is 23.1 Å². The maximum absolute atomic E-state index is 9.25. The van der Waals surface area contributed by atoms with Gasteiger partial charge in [-0.1, -0.05) is 25.6 Å². The predicted molar refractivity (Wildman–Crippen MR) is 74.4 cm³/mol. The highest BCUT2D eigenvalue weighted by Crippen LogP contribution is 2.29. The zero-order valence-corrected chi connectivity index (χ0v) is 12.2. The van der Waals surface area contributed by atoms with E-state index >= 15 is 0 Å². The van der Waals surface area contributed by atoms with Crippen LogP contribution in [0.15, 0.2) is 15.9 Å². The third-order valence-corrected chi connectivity index (χ3v) is 4.44. The first-order chi connectivity index (χ1) is 8.09. The summed E-state index contributed by atoms with van der Waals surface area (Å²) in [5.41, 5.74) is -0.431. The van der Waals surface area contributed by atoms with E-state index in [0.29, 0.717) is 5.25 Å². The van der Waals surface area contributed by atoms with Crippen LogP contribution in [0.1, 0.15) is 33.6 Å². The molecule has 1 aromatic rings. The maximum atomic E-state index is 9.25. The van der Waals surface area contributed by atoms with Crippen molar-refractivity contribution in [3.8, 4) is 6.07 Å².